The Morgan fingerprint density at radius 3 is 2.81 bits per heavy atom. The zero-order chi connectivity index (χ0) is 15.0. The van der Waals surface area contributed by atoms with E-state index in [2.05, 4.69) is 4.98 Å². The number of carbonyl (C=O) groups is 1. The van der Waals surface area contributed by atoms with Crippen molar-refractivity contribution in [3.05, 3.63) is 53.3 Å². The number of fused-ring (bicyclic) bond motifs is 1. The van der Waals surface area contributed by atoms with Crippen LogP contribution in [0, 0.1) is 0 Å². The highest BCUT2D eigenvalue weighted by atomic mass is 32.2. The molecule has 1 N–H and O–H groups in total. The van der Waals surface area contributed by atoms with Crippen molar-refractivity contribution in [1.82, 2.24) is 9.38 Å². The van der Waals surface area contributed by atoms with Crippen molar-refractivity contribution in [1.29, 1.82) is 0 Å². The van der Waals surface area contributed by atoms with Crippen LogP contribution in [0.4, 0.5) is 0 Å². The smallest absolute Gasteiger partial charge is 0.337 e. The Balaban J connectivity index is 2.01. The number of hydrogen-bond donors (Lipinski definition) is 1. The monoisotopic (exact) mass is 322 g/mol. The Hall–Kier alpha value is -2.19. The predicted octanol–water partition coefficient (Wildman–Crippen LogP) is 2.07. The highest BCUT2D eigenvalue weighted by molar-refractivity contribution is 7.90. The molecule has 0 bridgehead atoms. The molecule has 3 aromatic rings. The number of imidazole rings is 1. The first-order valence-electron chi connectivity index (χ1n) is 5.93. The van der Waals surface area contributed by atoms with E-state index < -0.39 is 15.8 Å². The van der Waals surface area contributed by atoms with Gasteiger partial charge in [0.05, 0.1) is 21.9 Å². The third kappa shape index (κ3) is 2.55. The van der Waals surface area contributed by atoms with E-state index in [1.807, 2.05) is 5.38 Å². The molecule has 108 valence electrons. The summed E-state index contributed by atoms with van der Waals surface area (Å²) >= 11 is 1.40. The van der Waals surface area contributed by atoms with Gasteiger partial charge in [0.25, 0.3) is 0 Å². The van der Waals surface area contributed by atoms with Crippen molar-refractivity contribution in [3.63, 3.8) is 0 Å². The lowest BCUT2D eigenvalue weighted by molar-refractivity contribution is 0.0692. The third-order valence-corrected chi connectivity index (χ3v) is 5.41. The quantitative estimate of drug-likeness (QED) is 0.794. The van der Waals surface area contributed by atoms with Gasteiger partial charge < -0.3 is 5.11 Å². The molecule has 0 aliphatic carbocycles. The summed E-state index contributed by atoms with van der Waals surface area (Å²) in [5.74, 6) is -1.59. The number of sulfone groups is 1. The number of benzene rings is 1. The normalized spacial score (nSPS) is 11.8. The minimum absolute atomic E-state index is 0.186. The van der Waals surface area contributed by atoms with Crippen LogP contribution in [-0.4, -0.2) is 28.9 Å². The van der Waals surface area contributed by atoms with Crippen LogP contribution in [0.5, 0.6) is 0 Å². The maximum atomic E-state index is 12.4. The molecule has 21 heavy (non-hydrogen) atoms. The van der Waals surface area contributed by atoms with Crippen molar-refractivity contribution < 1.29 is 18.3 Å². The maximum Gasteiger partial charge on any atom is 0.337 e. The zero-order valence-electron chi connectivity index (χ0n) is 10.6. The van der Waals surface area contributed by atoms with E-state index in [-0.39, 0.29) is 16.2 Å². The van der Waals surface area contributed by atoms with Gasteiger partial charge in [0.15, 0.2) is 14.8 Å². The molecule has 0 fully saturated rings. The molecule has 0 amide bonds. The summed E-state index contributed by atoms with van der Waals surface area (Å²) in [7, 11) is -3.77. The maximum absolute atomic E-state index is 12.4. The first-order valence-corrected chi connectivity index (χ1v) is 8.47. The third-order valence-electron chi connectivity index (χ3n) is 2.93. The number of aromatic nitrogens is 2. The van der Waals surface area contributed by atoms with Crippen molar-refractivity contribution in [2.75, 3.05) is 0 Å². The SMILES string of the molecule is O=C(O)c1ccccc1S(=O)(=O)Cc1cn2ccsc2n1. The molecule has 2 aromatic heterocycles. The lowest BCUT2D eigenvalue weighted by Crippen LogP contribution is -2.11. The topological polar surface area (TPSA) is 88.7 Å². The summed E-state index contributed by atoms with van der Waals surface area (Å²) in [6.07, 6.45) is 3.42. The molecule has 0 saturated carbocycles. The fourth-order valence-electron chi connectivity index (χ4n) is 2.03. The standard InChI is InChI=1S/C13H10N2O4S2/c16-12(17)10-3-1-2-4-11(10)21(18,19)8-9-7-15-5-6-20-13(15)14-9/h1-7H,8H2,(H,16,17). The van der Waals surface area contributed by atoms with Crippen LogP contribution >= 0.6 is 11.3 Å². The number of thiazole rings is 1. The second-order valence-electron chi connectivity index (χ2n) is 4.39. The molecule has 3 rings (SSSR count). The van der Waals surface area contributed by atoms with Crippen LogP contribution in [0.25, 0.3) is 4.96 Å². The van der Waals surface area contributed by atoms with Gasteiger partial charge >= 0.3 is 5.97 Å². The summed E-state index contributed by atoms with van der Waals surface area (Å²) in [6, 6.07) is 5.58. The number of carboxylic acids is 1. The average molecular weight is 322 g/mol. The molecule has 0 spiro atoms. The fraction of sp³-hybridized carbons (Fsp3) is 0.0769. The van der Waals surface area contributed by atoms with Crippen LogP contribution < -0.4 is 0 Å². The highest BCUT2D eigenvalue weighted by Gasteiger charge is 2.23. The number of rotatable bonds is 4. The van der Waals surface area contributed by atoms with Crippen molar-refractivity contribution >= 4 is 32.1 Å². The van der Waals surface area contributed by atoms with Gasteiger partial charge in [-0.3, -0.25) is 4.40 Å². The second-order valence-corrected chi connectivity index (χ2v) is 7.22. The molecule has 1 aromatic carbocycles. The van der Waals surface area contributed by atoms with E-state index in [1.165, 1.54) is 35.6 Å². The van der Waals surface area contributed by atoms with Crippen molar-refractivity contribution in [3.8, 4) is 0 Å². The van der Waals surface area contributed by atoms with Crippen LogP contribution in [-0.2, 0) is 15.6 Å². The Kier molecular flexibility index (Phi) is 3.26. The van der Waals surface area contributed by atoms with E-state index >= 15 is 0 Å². The zero-order valence-corrected chi connectivity index (χ0v) is 12.3. The molecule has 0 radical (unpaired) electrons. The van der Waals surface area contributed by atoms with Crippen LogP contribution in [0.3, 0.4) is 0 Å². The van der Waals surface area contributed by atoms with Gasteiger partial charge in [-0.15, -0.1) is 11.3 Å². The van der Waals surface area contributed by atoms with Crippen LogP contribution in [0.1, 0.15) is 16.1 Å². The largest absolute Gasteiger partial charge is 0.478 e. The van der Waals surface area contributed by atoms with E-state index in [1.54, 1.807) is 16.8 Å². The van der Waals surface area contributed by atoms with Gasteiger partial charge in [-0.2, -0.15) is 0 Å². The summed E-state index contributed by atoms with van der Waals surface area (Å²) in [6.45, 7) is 0. The minimum Gasteiger partial charge on any atom is -0.478 e. The Labute approximate surface area is 124 Å². The molecular formula is C13H10N2O4S2. The molecule has 8 heteroatoms. The van der Waals surface area contributed by atoms with E-state index in [9.17, 15) is 13.2 Å². The van der Waals surface area contributed by atoms with Crippen LogP contribution in [0.15, 0.2) is 46.9 Å². The first kappa shape index (κ1) is 13.8. The van der Waals surface area contributed by atoms with Gasteiger partial charge in [0, 0.05) is 17.8 Å². The molecular weight excluding hydrogens is 312 g/mol. The molecule has 0 atom stereocenters. The highest BCUT2D eigenvalue weighted by Crippen LogP contribution is 2.21. The molecule has 0 aliphatic rings. The summed E-state index contributed by atoms with van der Waals surface area (Å²) < 4.78 is 26.6. The summed E-state index contributed by atoms with van der Waals surface area (Å²) in [4.78, 5) is 15.9. The predicted molar refractivity (Wildman–Crippen MR) is 77.4 cm³/mol. The number of hydrogen-bond acceptors (Lipinski definition) is 5. The molecule has 0 saturated heterocycles. The van der Waals surface area contributed by atoms with Gasteiger partial charge in [0.2, 0.25) is 0 Å². The lowest BCUT2D eigenvalue weighted by Gasteiger charge is -2.06. The first-order chi connectivity index (χ1) is 9.97. The summed E-state index contributed by atoms with van der Waals surface area (Å²) in [5.41, 5.74) is 0.167. The lowest BCUT2D eigenvalue weighted by atomic mass is 10.2. The van der Waals surface area contributed by atoms with Crippen molar-refractivity contribution in [2.45, 2.75) is 10.6 Å². The van der Waals surface area contributed by atoms with Gasteiger partial charge in [-0.05, 0) is 12.1 Å². The Bertz CT molecular complexity index is 896. The minimum atomic E-state index is -3.77. The van der Waals surface area contributed by atoms with Crippen molar-refractivity contribution in [2.24, 2.45) is 0 Å². The summed E-state index contributed by atoms with van der Waals surface area (Å²) in [5, 5.41) is 10.9. The van der Waals surface area contributed by atoms with Gasteiger partial charge in [-0.1, -0.05) is 12.1 Å². The van der Waals surface area contributed by atoms with Gasteiger partial charge in [-0.25, -0.2) is 18.2 Å². The Morgan fingerprint density at radius 2 is 2.10 bits per heavy atom. The number of nitrogens with zero attached hydrogens (tertiary/aromatic N) is 2. The average Bonchev–Trinajstić information content (AvgIpc) is 2.99. The molecule has 6 nitrogen and oxygen atoms in total. The molecule has 0 aliphatic heterocycles. The fourth-order valence-corrected chi connectivity index (χ4v) is 4.21. The van der Waals surface area contributed by atoms with E-state index in [4.69, 9.17) is 5.11 Å². The Morgan fingerprint density at radius 1 is 1.33 bits per heavy atom. The van der Waals surface area contributed by atoms with E-state index in [0.717, 1.165) is 0 Å². The number of aromatic carboxylic acids is 1. The van der Waals surface area contributed by atoms with Gasteiger partial charge in [0.1, 0.15) is 0 Å². The van der Waals surface area contributed by atoms with E-state index in [0.29, 0.717) is 10.7 Å². The molecule has 0 unspecified atom stereocenters. The van der Waals surface area contributed by atoms with Crippen LogP contribution in [0.2, 0.25) is 0 Å². The second kappa shape index (κ2) is 4.97. The number of carboxylic acid groups (broad SMARTS) is 1. The molecule has 2 heterocycles.